The highest BCUT2D eigenvalue weighted by atomic mass is 31.2. The largest absolute Gasteiger partial charge is 0.756 e. The van der Waals surface area contributed by atoms with Crippen molar-refractivity contribution in [1.29, 1.82) is 0 Å². The van der Waals surface area contributed by atoms with Gasteiger partial charge < -0.3 is 28.8 Å². The number of unbranched alkanes of at least 4 members (excludes halogenated alkanes) is 34. The molecule has 0 rings (SSSR count). The summed E-state index contributed by atoms with van der Waals surface area (Å²) in [7, 11) is 1.31. The molecule has 64 heavy (non-hydrogen) atoms. The Morgan fingerprint density at radius 3 is 1.30 bits per heavy atom. The Hall–Kier alpha value is -1.02. The minimum Gasteiger partial charge on any atom is -0.756 e. The number of phosphoric ester groups is 1. The van der Waals surface area contributed by atoms with Crippen LogP contribution in [0.3, 0.4) is 0 Å². The number of hydrogen-bond donors (Lipinski definition) is 2. The molecule has 0 aliphatic rings. The Kier molecular flexibility index (Phi) is 46.3. The maximum Gasteiger partial charge on any atom is 0.268 e. The molecule has 0 heterocycles. The highest BCUT2D eigenvalue weighted by Crippen LogP contribution is 2.38. The second-order valence-electron chi connectivity index (χ2n) is 20.3. The second-order valence-corrected chi connectivity index (χ2v) is 21.7. The number of carbonyl (C=O) groups excluding carboxylic acids is 1. The minimum absolute atomic E-state index is 0.0135. The third-order valence-electron chi connectivity index (χ3n) is 12.7. The number of nitrogens with zero attached hydrogens (tertiary/aromatic N) is 1. The fourth-order valence-electron chi connectivity index (χ4n) is 8.31. The van der Waals surface area contributed by atoms with Gasteiger partial charge >= 0.3 is 0 Å². The highest BCUT2D eigenvalue weighted by Gasteiger charge is 2.24. The number of phosphoric acid groups is 1. The summed E-state index contributed by atoms with van der Waals surface area (Å²) in [5.74, 6) is -0.167. The Bertz CT molecular complexity index is 1090. The van der Waals surface area contributed by atoms with Gasteiger partial charge in [-0.25, -0.2) is 0 Å². The normalized spacial score (nSPS) is 14.2. The summed E-state index contributed by atoms with van der Waals surface area (Å²) in [4.78, 5) is 25.2. The standard InChI is InChI=1S/C55H109N2O6P/c1-6-8-10-12-13-14-15-16-17-18-19-20-21-22-23-24-25-26-27-28-29-30-31-32-33-34-35-36-37-38-39-40-41-42-43-45-47-49-55(59)56-53(54(58)48-46-44-11-9-7-2)52-63-64(60,61)62-51-50-57(3,4)5/h15-16,18-19,53-54,58H,6-14,17,20-52H2,1-5H3,(H-,56,59,60,61)/b16-15-,19-18-. The Labute approximate surface area is 398 Å². The van der Waals surface area contributed by atoms with Crippen molar-refractivity contribution in [1.82, 2.24) is 5.32 Å². The lowest BCUT2D eigenvalue weighted by Gasteiger charge is -2.30. The Morgan fingerprint density at radius 2 is 0.906 bits per heavy atom. The van der Waals surface area contributed by atoms with Gasteiger partial charge in [0.05, 0.1) is 39.9 Å². The molecule has 8 nitrogen and oxygen atoms in total. The van der Waals surface area contributed by atoms with Crippen molar-refractivity contribution in [3.8, 4) is 0 Å². The number of hydrogen-bond acceptors (Lipinski definition) is 6. The maximum absolute atomic E-state index is 12.8. The van der Waals surface area contributed by atoms with Crippen molar-refractivity contribution in [3.05, 3.63) is 24.3 Å². The first-order valence-corrected chi connectivity index (χ1v) is 29.1. The van der Waals surface area contributed by atoms with Crippen LogP contribution in [0.4, 0.5) is 0 Å². The molecule has 0 aromatic heterocycles. The number of likely N-dealkylation sites (N-methyl/N-ethyl adjacent to an activating group) is 1. The molecule has 9 heteroatoms. The van der Waals surface area contributed by atoms with Crippen LogP contribution in [0.15, 0.2) is 24.3 Å². The zero-order chi connectivity index (χ0) is 47.1. The molecule has 0 radical (unpaired) electrons. The summed E-state index contributed by atoms with van der Waals surface area (Å²) < 4.78 is 23.1. The molecule has 1 amide bonds. The van der Waals surface area contributed by atoms with Crippen LogP contribution in [0, 0.1) is 0 Å². The molecule has 0 aliphatic carbocycles. The van der Waals surface area contributed by atoms with E-state index in [1.54, 1.807) is 0 Å². The van der Waals surface area contributed by atoms with Crippen molar-refractivity contribution in [3.63, 3.8) is 0 Å². The van der Waals surface area contributed by atoms with Gasteiger partial charge in [-0.2, -0.15) is 0 Å². The van der Waals surface area contributed by atoms with E-state index in [2.05, 4.69) is 43.5 Å². The lowest BCUT2D eigenvalue weighted by atomic mass is 10.0. The monoisotopic (exact) mass is 925 g/mol. The van der Waals surface area contributed by atoms with Crippen LogP contribution in [-0.2, 0) is 18.4 Å². The topological polar surface area (TPSA) is 108 Å². The van der Waals surface area contributed by atoms with Crippen molar-refractivity contribution in [2.75, 3.05) is 40.9 Å². The molecule has 0 aliphatic heterocycles. The number of allylic oxidation sites excluding steroid dienone is 4. The molecule has 3 unspecified atom stereocenters. The third kappa shape index (κ3) is 48.9. The molecule has 0 spiro atoms. The smallest absolute Gasteiger partial charge is 0.268 e. The minimum atomic E-state index is -4.55. The van der Waals surface area contributed by atoms with E-state index in [0.29, 0.717) is 23.9 Å². The number of quaternary nitrogens is 1. The van der Waals surface area contributed by atoms with Gasteiger partial charge in [0.15, 0.2) is 0 Å². The first-order valence-electron chi connectivity index (χ1n) is 27.7. The van der Waals surface area contributed by atoms with Gasteiger partial charge in [-0.3, -0.25) is 9.36 Å². The van der Waals surface area contributed by atoms with Crippen LogP contribution in [0.1, 0.15) is 271 Å². The van der Waals surface area contributed by atoms with Crippen molar-refractivity contribution in [2.45, 2.75) is 283 Å². The van der Waals surface area contributed by atoms with Crippen molar-refractivity contribution in [2.24, 2.45) is 0 Å². The van der Waals surface area contributed by atoms with Gasteiger partial charge in [-0.15, -0.1) is 0 Å². The van der Waals surface area contributed by atoms with E-state index in [0.717, 1.165) is 57.8 Å². The Balaban J connectivity index is 3.68. The average molecular weight is 925 g/mol. The maximum atomic E-state index is 12.8. The van der Waals surface area contributed by atoms with E-state index in [1.807, 2.05) is 21.1 Å². The molecule has 0 saturated heterocycles. The second kappa shape index (κ2) is 47.1. The van der Waals surface area contributed by atoms with Gasteiger partial charge in [0.1, 0.15) is 13.2 Å². The number of nitrogens with one attached hydrogen (secondary N) is 1. The molecule has 3 atom stereocenters. The number of carbonyl (C=O) groups is 1. The Morgan fingerprint density at radius 1 is 0.547 bits per heavy atom. The van der Waals surface area contributed by atoms with Gasteiger partial charge in [-0.1, -0.05) is 244 Å². The van der Waals surface area contributed by atoms with Gasteiger partial charge in [0.2, 0.25) is 5.91 Å². The SMILES string of the molecule is CCCCCCC/C=C\C/C=C\CCCCCCCCCCCCCCCCCCCCCCCCCCCC(=O)NC(COP(=O)([O-])OCC[N+](C)(C)C)C(O)CCCCCCC. The fourth-order valence-corrected chi connectivity index (χ4v) is 9.03. The fraction of sp³-hybridized carbons (Fsp3) is 0.909. The quantitative estimate of drug-likeness (QED) is 0.0272. The van der Waals surface area contributed by atoms with Gasteiger partial charge in [0.25, 0.3) is 7.82 Å². The number of aliphatic hydroxyl groups is 1. The summed E-state index contributed by atoms with van der Waals surface area (Å²) in [6.45, 7) is 4.63. The zero-order valence-electron chi connectivity index (χ0n) is 43.3. The summed E-state index contributed by atoms with van der Waals surface area (Å²) in [5, 5.41) is 13.7. The molecule has 2 N–H and O–H groups in total. The summed E-state index contributed by atoms with van der Waals surface area (Å²) in [5.41, 5.74) is 0. The zero-order valence-corrected chi connectivity index (χ0v) is 44.1. The molecular weight excluding hydrogens is 816 g/mol. The van der Waals surface area contributed by atoms with Crippen LogP contribution in [0.5, 0.6) is 0 Å². The van der Waals surface area contributed by atoms with Crippen LogP contribution < -0.4 is 10.2 Å². The van der Waals surface area contributed by atoms with Crippen molar-refractivity contribution < 1.29 is 32.9 Å². The molecule has 0 aromatic carbocycles. The first-order chi connectivity index (χ1) is 31.0. The number of aliphatic hydroxyl groups excluding tert-OH is 1. The lowest BCUT2D eigenvalue weighted by molar-refractivity contribution is -0.870. The molecule has 0 aromatic rings. The summed E-state index contributed by atoms with van der Waals surface area (Å²) in [6, 6.07) is -0.793. The summed E-state index contributed by atoms with van der Waals surface area (Å²) in [6.07, 6.45) is 58.6. The van der Waals surface area contributed by atoms with E-state index in [4.69, 9.17) is 9.05 Å². The van der Waals surface area contributed by atoms with Crippen molar-refractivity contribution >= 4 is 13.7 Å². The molecule has 0 fully saturated rings. The van der Waals surface area contributed by atoms with E-state index in [9.17, 15) is 19.4 Å². The molecule has 0 bridgehead atoms. The van der Waals surface area contributed by atoms with E-state index < -0.39 is 20.0 Å². The van der Waals surface area contributed by atoms with Crippen LogP contribution >= 0.6 is 7.82 Å². The lowest BCUT2D eigenvalue weighted by Crippen LogP contribution is -2.46. The molecular formula is C55H109N2O6P. The van der Waals surface area contributed by atoms with E-state index in [-0.39, 0.29) is 19.1 Å². The van der Waals surface area contributed by atoms with Gasteiger partial charge in [0, 0.05) is 6.42 Å². The average Bonchev–Trinajstić information content (AvgIpc) is 3.25. The number of amides is 1. The van der Waals surface area contributed by atoms with Crippen LogP contribution in [-0.4, -0.2) is 68.5 Å². The van der Waals surface area contributed by atoms with Crippen LogP contribution in [0.2, 0.25) is 0 Å². The van der Waals surface area contributed by atoms with E-state index >= 15 is 0 Å². The third-order valence-corrected chi connectivity index (χ3v) is 13.7. The number of rotatable bonds is 51. The first kappa shape index (κ1) is 63.0. The van der Waals surface area contributed by atoms with Crippen LogP contribution in [0.25, 0.3) is 0 Å². The van der Waals surface area contributed by atoms with E-state index in [1.165, 1.54) is 186 Å². The summed E-state index contributed by atoms with van der Waals surface area (Å²) >= 11 is 0. The highest BCUT2D eigenvalue weighted by molar-refractivity contribution is 7.45. The predicted octanol–water partition coefficient (Wildman–Crippen LogP) is 15.8. The predicted molar refractivity (Wildman–Crippen MR) is 275 cm³/mol. The van der Waals surface area contributed by atoms with Gasteiger partial charge in [-0.05, 0) is 44.9 Å². The molecule has 0 saturated carbocycles. The molecule has 380 valence electrons.